The molecule has 22 heavy (non-hydrogen) atoms. The van der Waals surface area contributed by atoms with E-state index in [0.29, 0.717) is 0 Å². The Morgan fingerprint density at radius 1 is 1.09 bits per heavy atom. The summed E-state index contributed by atoms with van der Waals surface area (Å²) in [7, 11) is 0. The van der Waals surface area contributed by atoms with Gasteiger partial charge in [-0.2, -0.15) is 0 Å². The first-order valence-electron chi connectivity index (χ1n) is 6.74. The van der Waals surface area contributed by atoms with Gasteiger partial charge in [0.2, 0.25) is 5.67 Å². The van der Waals surface area contributed by atoms with Gasteiger partial charge in [0.15, 0.2) is 0 Å². The minimum Gasteiger partial charge on any atom is -0.462 e. The molecule has 0 amide bonds. The molecule has 0 aromatic heterocycles. The lowest BCUT2D eigenvalue weighted by Crippen LogP contribution is -2.39. The van der Waals surface area contributed by atoms with Crippen LogP contribution >= 0.6 is 0 Å². The number of hydrogen-bond donors (Lipinski definition) is 0. The van der Waals surface area contributed by atoms with Crippen LogP contribution in [0.3, 0.4) is 0 Å². The fraction of sp³-hybridized carbons (Fsp3) is 0.400. The predicted molar refractivity (Wildman–Crippen MR) is 69.9 cm³/mol. The standard InChI is InChI=1S/C15H13FO6/c1-15(16)10-6-20-12(17)8-3-2-4-9(5-8)13(18)21-7-11(10)22-14(15)19/h2-5,10-11H,6-7H2,1H3/t10-,11-,15-/m1/s1. The molecule has 116 valence electrons. The molecule has 1 fully saturated rings. The van der Waals surface area contributed by atoms with E-state index >= 15 is 0 Å². The van der Waals surface area contributed by atoms with Crippen LogP contribution in [0.1, 0.15) is 27.6 Å². The molecule has 1 aromatic carbocycles. The van der Waals surface area contributed by atoms with Crippen molar-refractivity contribution in [1.82, 2.24) is 0 Å². The lowest BCUT2D eigenvalue weighted by molar-refractivity contribution is -0.150. The van der Waals surface area contributed by atoms with E-state index in [0.717, 1.165) is 6.92 Å². The Labute approximate surface area is 125 Å². The van der Waals surface area contributed by atoms with E-state index < -0.39 is 35.6 Å². The summed E-state index contributed by atoms with van der Waals surface area (Å²) in [6.45, 7) is 0.427. The number of halogens is 1. The van der Waals surface area contributed by atoms with Crippen molar-refractivity contribution in [2.75, 3.05) is 13.2 Å². The van der Waals surface area contributed by atoms with Gasteiger partial charge < -0.3 is 14.2 Å². The molecule has 1 aromatic rings. The first-order valence-corrected chi connectivity index (χ1v) is 6.74. The number of fused-ring (bicyclic) bond motifs is 3. The second-order valence-corrected chi connectivity index (χ2v) is 5.40. The molecular weight excluding hydrogens is 295 g/mol. The Balaban J connectivity index is 1.94. The predicted octanol–water partition coefficient (Wildman–Crippen LogP) is 1.28. The van der Waals surface area contributed by atoms with Crippen LogP contribution in [0.15, 0.2) is 24.3 Å². The quantitative estimate of drug-likeness (QED) is 0.531. The lowest BCUT2D eigenvalue weighted by atomic mass is 9.90. The summed E-state index contributed by atoms with van der Waals surface area (Å²) >= 11 is 0. The summed E-state index contributed by atoms with van der Waals surface area (Å²) in [5.74, 6) is -3.47. The number of ether oxygens (including phenoxy) is 3. The molecule has 0 saturated carbocycles. The van der Waals surface area contributed by atoms with Crippen molar-refractivity contribution in [1.29, 1.82) is 0 Å². The average molecular weight is 308 g/mol. The molecule has 0 radical (unpaired) electrons. The molecular formula is C15H13FO6. The fourth-order valence-electron chi connectivity index (χ4n) is 2.51. The third-order valence-corrected chi connectivity index (χ3v) is 3.91. The van der Waals surface area contributed by atoms with Gasteiger partial charge in [-0.05, 0) is 25.1 Å². The summed E-state index contributed by atoms with van der Waals surface area (Å²) in [5, 5.41) is 0. The highest BCUT2D eigenvalue weighted by Crippen LogP contribution is 2.36. The van der Waals surface area contributed by atoms with Crippen molar-refractivity contribution in [3.05, 3.63) is 35.4 Å². The maximum atomic E-state index is 14.4. The van der Waals surface area contributed by atoms with E-state index in [1.807, 2.05) is 0 Å². The minimum absolute atomic E-state index is 0.152. The zero-order valence-corrected chi connectivity index (χ0v) is 11.7. The van der Waals surface area contributed by atoms with E-state index in [4.69, 9.17) is 14.2 Å². The third kappa shape index (κ3) is 2.32. The second kappa shape index (κ2) is 5.08. The second-order valence-electron chi connectivity index (χ2n) is 5.40. The normalized spacial score (nSPS) is 31.5. The maximum Gasteiger partial charge on any atom is 0.344 e. The Kier molecular flexibility index (Phi) is 3.35. The topological polar surface area (TPSA) is 78.9 Å². The molecule has 7 heteroatoms. The van der Waals surface area contributed by atoms with Gasteiger partial charge in [0.05, 0.1) is 17.0 Å². The first-order chi connectivity index (χ1) is 10.4. The number of carbonyl (C=O) groups is 3. The van der Waals surface area contributed by atoms with E-state index in [1.54, 1.807) is 0 Å². The number of carbonyl (C=O) groups excluding carboxylic acids is 3. The van der Waals surface area contributed by atoms with Crippen molar-refractivity contribution < 1.29 is 33.0 Å². The van der Waals surface area contributed by atoms with Crippen molar-refractivity contribution in [3.8, 4) is 0 Å². The van der Waals surface area contributed by atoms with Crippen molar-refractivity contribution in [2.45, 2.75) is 18.7 Å². The highest BCUT2D eigenvalue weighted by atomic mass is 19.1. The van der Waals surface area contributed by atoms with Crippen LogP contribution in [0.5, 0.6) is 0 Å². The summed E-state index contributed by atoms with van der Waals surface area (Å²) in [6.07, 6.45) is -0.990. The lowest BCUT2D eigenvalue weighted by Gasteiger charge is -2.21. The number of esters is 3. The first kappa shape index (κ1) is 14.5. The molecule has 0 N–H and O–H groups in total. The number of cyclic esters (lactones) is 2. The molecule has 2 aliphatic heterocycles. The molecule has 2 aliphatic rings. The Morgan fingerprint density at radius 3 is 2.32 bits per heavy atom. The van der Waals surface area contributed by atoms with Crippen molar-refractivity contribution in [3.63, 3.8) is 0 Å². The summed E-state index contributed by atoms with van der Waals surface area (Å²) < 4.78 is 29.5. The van der Waals surface area contributed by atoms with Crippen LogP contribution in [0, 0.1) is 5.92 Å². The van der Waals surface area contributed by atoms with E-state index in [2.05, 4.69) is 0 Å². The molecule has 0 aliphatic carbocycles. The Morgan fingerprint density at radius 2 is 1.68 bits per heavy atom. The summed E-state index contributed by atoms with van der Waals surface area (Å²) in [4.78, 5) is 35.5. The molecule has 2 heterocycles. The van der Waals surface area contributed by atoms with Crippen LogP contribution in [0.25, 0.3) is 0 Å². The zero-order chi connectivity index (χ0) is 15.9. The van der Waals surface area contributed by atoms with Gasteiger partial charge in [0.25, 0.3) is 0 Å². The van der Waals surface area contributed by atoms with Crippen LogP contribution in [-0.4, -0.2) is 42.9 Å². The van der Waals surface area contributed by atoms with Gasteiger partial charge in [-0.25, -0.2) is 18.8 Å². The summed E-state index contributed by atoms with van der Waals surface area (Å²) in [6, 6.07) is 5.81. The molecule has 3 rings (SSSR count). The maximum absolute atomic E-state index is 14.4. The molecule has 0 spiro atoms. The molecule has 2 bridgehead atoms. The average Bonchev–Trinajstić information content (AvgIpc) is 2.71. The highest BCUT2D eigenvalue weighted by molar-refractivity contribution is 5.95. The van der Waals surface area contributed by atoms with Gasteiger partial charge in [-0.15, -0.1) is 0 Å². The number of benzene rings is 1. The van der Waals surface area contributed by atoms with Gasteiger partial charge in [0.1, 0.15) is 19.3 Å². The smallest absolute Gasteiger partial charge is 0.344 e. The van der Waals surface area contributed by atoms with Crippen LogP contribution in [0.2, 0.25) is 0 Å². The largest absolute Gasteiger partial charge is 0.462 e. The van der Waals surface area contributed by atoms with E-state index in [9.17, 15) is 18.8 Å². The van der Waals surface area contributed by atoms with Crippen molar-refractivity contribution >= 4 is 17.9 Å². The Bertz CT molecular complexity index is 653. The number of alkyl halides is 1. The van der Waals surface area contributed by atoms with Gasteiger partial charge in [-0.3, -0.25) is 0 Å². The van der Waals surface area contributed by atoms with E-state index in [-0.39, 0.29) is 24.3 Å². The van der Waals surface area contributed by atoms with Crippen molar-refractivity contribution in [2.24, 2.45) is 5.92 Å². The van der Waals surface area contributed by atoms with Gasteiger partial charge >= 0.3 is 17.9 Å². The molecule has 3 atom stereocenters. The minimum atomic E-state index is -2.30. The third-order valence-electron chi connectivity index (χ3n) is 3.91. The van der Waals surface area contributed by atoms with Crippen LogP contribution in [-0.2, 0) is 19.0 Å². The highest BCUT2D eigenvalue weighted by Gasteiger charge is 2.56. The van der Waals surface area contributed by atoms with Crippen LogP contribution in [0.4, 0.5) is 4.39 Å². The molecule has 0 unspecified atom stereocenters. The van der Waals surface area contributed by atoms with Gasteiger partial charge in [0, 0.05) is 0 Å². The molecule has 1 saturated heterocycles. The van der Waals surface area contributed by atoms with Gasteiger partial charge in [-0.1, -0.05) is 6.07 Å². The zero-order valence-electron chi connectivity index (χ0n) is 11.7. The SMILES string of the molecule is C[C@]1(F)C(=O)O[C@@H]2COC(=O)c3cccc(c3)C(=O)OC[C@H]21. The number of rotatable bonds is 0. The number of hydrogen-bond acceptors (Lipinski definition) is 6. The van der Waals surface area contributed by atoms with Crippen LogP contribution < -0.4 is 0 Å². The monoisotopic (exact) mass is 308 g/mol. The van der Waals surface area contributed by atoms with E-state index in [1.165, 1.54) is 24.3 Å². The summed E-state index contributed by atoms with van der Waals surface area (Å²) in [5.41, 5.74) is -1.98. The fourth-order valence-corrected chi connectivity index (χ4v) is 2.51. The Hall–Kier alpha value is -2.44. The molecule has 6 nitrogen and oxygen atoms in total.